The number of carbonyl (C=O) groups is 1. The minimum Gasteiger partial charge on any atom is -0.485 e. The van der Waals surface area contributed by atoms with Crippen LogP contribution in [0.4, 0.5) is 4.79 Å². The summed E-state index contributed by atoms with van der Waals surface area (Å²) in [6, 6.07) is 15.9. The smallest absolute Gasteiger partial charge is 0.407 e. The number of amides is 1. The van der Waals surface area contributed by atoms with Gasteiger partial charge in [0.2, 0.25) is 0 Å². The minimum absolute atomic E-state index is 0.119. The van der Waals surface area contributed by atoms with Gasteiger partial charge in [-0.2, -0.15) is 0 Å². The fraction of sp³-hybridized carbons (Fsp3) is 0.250. The van der Waals surface area contributed by atoms with Crippen LogP contribution in [-0.4, -0.2) is 35.8 Å². The minimum atomic E-state index is -0.879. The van der Waals surface area contributed by atoms with Crippen molar-refractivity contribution in [3.05, 3.63) is 65.7 Å². The first-order chi connectivity index (χ1) is 12.2. The van der Waals surface area contributed by atoms with Crippen LogP contribution in [0.3, 0.4) is 0 Å². The predicted molar refractivity (Wildman–Crippen MR) is 93.9 cm³/mol. The van der Waals surface area contributed by atoms with E-state index in [4.69, 9.17) is 14.6 Å². The fourth-order valence-electron chi connectivity index (χ4n) is 3.28. The molecule has 0 saturated heterocycles. The second-order valence-electron chi connectivity index (χ2n) is 6.17. The highest BCUT2D eigenvalue weighted by Crippen LogP contribution is 2.42. The van der Waals surface area contributed by atoms with E-state index in [1.807, 2.05) is 54.6 Å². The average molecular weight is 337 g/mol. The van der Waals surface area contributed by atoms with E-state index in [1.165, 1.54) is 4.90 Å². The normalized spacial score (nSPS) is 19.3. The summed E-state index contributed by atoms with van der Waals surface area (Å²) >= 11 is 0. The van der Waals surface area contributed by atoms with Crippen LogP contribution < -0.4 is 9.47 Å². The van der Waals surface area contributed by atoms with Gasteiger partial charge < -0.3 is 19.5 Å². The zero-order valence-corrected chi connectivity index (χ0v) is 13.7. The zero-order valence-electron chi connectivity index (χ0n) is 13.7. The SMILES string of the molecule is O=C(O)N1CC=C(c2cccc3c2OCC(c2ccccc2)O3)CC1. The van der Waals surface area contributed by atoms with Crippen molar-refractivity contribution in [2.75, 3.05) is 19.7 Å². The van der Waals surface area contributed by atoms with Gasteiger partial charge in [0.15, 0.2) is 17.6 Å². The summed E-state index contributed by atoms with van der Waals surface area (Å²) < 4.78 is 12.2. The van der Waals surface area contributed by atoms with Crippen molar-refractivity contribution in [1.82, 2.24) is 4.90 Å². The van der Waals surface area contributed by atoms with Gasteiger partial charge in [0.1, 0.15) is 6.61 Å². The predicted octanol–water partition coefficient (Wildman–Crippen LogP) is 3.97. The van der Waals surface area contributed by atoms with Crippen molar-refractivity contribution in [2.45, 2.75) is 12.5 Å². The largest absolute Gasteiger partial charge is 0.485 e. The Morgan fingerprint density at radius 2 is 1.96 bits per heavy atom. The van der Waals surface area contributed by atoms with Crippen molar-refractivity contribution in [2.24, 2.45) is 0 Å². The maximum absolute atomic E-state index is 11.1. The maximum Gasteiger partial charge on any atom is 0.407 e. The van der Waals surface area contributed by atoms with Crippen molar-refractivity contribution >= 4 is 11.7 Å². The Morgan fingerprint density at radius 3 is 2.68 bits per heavy atom. The number of fused-ring (bicyclic) bond motifs is 1. The summed E-state index contributed by atoms with van der Waals surface area (Å²) in [6.45, 7) is 1.36. The van der Waals surface area contributed by atoms with Gasteiger partial charge in [0.25, 0.3) is 0 Å². The van der Waals surface area contributed by atoms with E-state index >= 15 is 0 Å². The van der Waals surface area contributed by atoms with E-state index in [1.54, 1.807) is 0 Å². The van der Waals surface area contributed by atoms with E-state index in [0.29, 0.717) is 26.1 Å². The average Bonchev–Trinajstić information content (AvgIpc) is 2.68. The van der Waals surface area contributed by atoms with Crippen molar-refractivity contribution in [3.63, 3.8) is 0 Å². The summed E-state index contributed by atoms with van der Waals surface area (Å²) in [7, 11) is 0. The molecule has 0 saturated carbocycles. The summed E-state index contributed by atoms with van der Waals surface area (Å²) in [4.78, 5) is 12.5. The standard InChI is InChI=1S/C20H19NO4/c22-20(23)21-11-9-14(10-12-21)16-7-4-8-17-19(16)24-13-18(25-17)15-5-2-1-3-6-15/h1-9,18H,10-13H2,(H,22,23). The third kappa shape index (κ3) is 3.05. The summed E-state index contributed by atoms with van der Waals surface area (Å²) in [5.41, 5.74) is 3.19. The van der Waals surface area contributed by atoms with Crippen molar-refractivity contribution in [1.29, 1.82) is 0 Å². The Hall–Kier alpha value is -2.95. The molecular formula is C20H19NO4. The number of hydrogen-bond donors (Lipinski definition) is 1. The van der Waals surface area contributed by atoms with Crippen LogP contribution in [0.1, 0.15) is 23.7 Å². The number of nitrogens with zero attached hydrogens (tertiary/aromatic N) is 1. The number of para-hydroxylation sites is 1. The molecule has 0 aromatic heterocycles. The topological polar surface area (TPSA) is 59.0 Å². The molecule has 2 aromatic rings. The lowest BCUT2D eigenvalue weighted by atomic mass is 9.97. The Kier molecular flexibility index (Phi) is 4.06. The van der Waals surface area contributed by atoms with Crippen LogP contribution in [0.15, 0.2) is 54.6 Å². The van der Waals surface area contributed by atoms with Gasteiger partial charge in [-0.15, -0.1) is 0 Å². The molecule has 0 bridgehead atoms. The maximum atomic E-state index is 11.1. The molecule has 0 spiro atoms. The third-order valence-corrected chi connectivity index (χ3v) is 4.62. The van der Waals surface area contributed by atoms with Gasteiger partial charge in [0.05, 0.1) is 0 Å². The van der Waals surface area contributed by atoms with E-state index < -0.39 is 6.09 Å². The van der Waals surface area contributed by atoms with Crippen LogP contribution >= 0.6 is 0 Å². The first-order valence-corrected chi connectivity index (χ1v) is 8.37. The van der Waals surface area contributed by atoms with Gasteiger partial charge in [0, 0.05) is 18.7 Å². The lowest BCUT2D eigenvalue weighted by Gasteiger charge is -2.30. The number of rotatable bonds is 2. The molecule has 0 fully saturated rings. The molecule has 128 valence electrons. The summed E-state index contributed by atoms with van der Waals surface area (Å²) in [6.07, 6.45) is 1.64. The van der Waals surface area contributed by atoms with E-state index in [0.717, 1.165) is 28.2 Å². The van der Waals surface area contributed by atoms with Crippen LogP contribution in [0.25, 0.3) is 5.57 Å². The molecule has 2 aromatic carbocycles. The number of benzene rings is 2. The lowest BCUT2D eigenvalue weighted by molar-refractivity contribution is 0.0909. The molecule has 2 heterocycles. The molecule has 2 aliphatic rings. The summed E-state index contributed by atoms with van der Waals surface area (Å²) in [5.74, 6) is 1.49. The Labute approximate surface area is 146 Å². The van der Waals surface area contributed by atoms with E-state index in [9.17, 15) is 4.79 Å². The third-order valence-electron chi connectivity index (χ3n) is 4.62. The van der Waals surface area contributed by atoms with E-state index in [-0.39, 0.29) is 6.10 Å². The Bertz CT molecular complexity index is 816. The molecule has 1 unspecified atom stereocenters. The molecule has 25 heavy (non-hydrogen) atoms. The highest BCUT2D eigenvalue weighted by molar-refractivity contribution is 5.76. The summed E-state index contributed by atoms with van der Waals surface area (Å²) in [5, 5.41) is 9.08. The molecule has 1 amide bonds. The van der Waals surface area contributed by atoms with Crippen LogP contribution in [-0.2, 0) is 0 Å². The number of ether oxygens (including phenoxy) is 2. The van der Waals surface area contributed by atoms with Crippen LogP contribution in [0.2, 0.25) is 0 Å². The highest BCUT2D eigenvalue weighted by Gasteiger charge is 2.26. The monoisotopic (exact) mass is 337 g/mol. The highest BCUT2D eigenvalue weighted by atomic mass is 16.6. The van der Waals surface area contributed by atoms with Gasteiger partial charge in [-0.25, -0.2) is 4.79 Å². The first-order valence-electron chi connectivity index (χ1n) is 8.37. The number of carboxylic acid groups (broad SMARTS) is 1. The van der Waals surface area contributed by atoms with Crippen molar-refractivity contribution < 1.29 is 19.4 Å². The zero-order chi connectivity index (χ0) is 17.2. The first kappa shape index (κ1) is 15.6. The molecular weight excluding hydrogens is 318 g/mol. The molecule has 5 heteroatoms. The van der Waals surface area contributed by atoms with Gasteiger partial charge in [-0.3, -0.25) is 0 Å². The van der Waals surface area contributed by atoms with Gasteiger partial charge >= 0.3 is 6.09 Å². The quantitative estimate of drug-likeness (QED) is 0.901. The fourth-order valence-corrected chi connectivity index (χ4v) is 3.28. The van der Waals surface area contributed by atoms with E-state index in [2.05, 4.69) is 0 Å². The number of hydrogen-bond acceptors (Lipinski definition) is 3. The second kappa shape index (κ2) is 6.51. The van der Waals surface area contributed by atoms with Gasteiger partial charge in [-0.1, -0.05) is 48.5 Å². The molecule has 0 aliphatic carbocycles. The molecule has 1 N–H and O–H groups in total. The Morgan fingerprint density at radius 1 is 1.12 bits per heavy atom. The molecule has 1 atom stereocenters. The van der Waals surface area contributed by atoms with Gasteiger partial charge in [-0.05, 0) is 23.6 Å². The second-order valence-corrected chi connectivity index (χ2v) is 6.17. The van der Waals surface area contributed by atoms with Crippen molar-refractivity contribution in [3.8, 4) is 11.5 Å². The molecule has 5 nitrogen and oxygen atoms in total. The van der Waals surface area contributed by atoms with Crippen LogP contribution in [0, 0.1) is 0 Å². The molecule has 0 radical (unpaired) electrons. The Balaban J connectivity index is 1.59. The molecule has 2 aliphatic heterocycles. The molecule has 4 rings (SSSR count). The lowest BCUT2D eigenvalue weighted by Crippen LogP contribution is -2.33. The van der Waals surface area contributed by atoms with Crippen LogP contribution in [0.5, 0.6) is 11.5 Å².